The highest BCUT2D eigenvalue weighted by atomic mass is 19.1. The van der Waals surface area contributed by atoms with Crippen LogP contribution in [0.5, 0.6) is 0 Å². The highest BCUT2D eigenvalue weighted by Crippen LogP contribution is 2.33. The molecule has 2 aliphatic rings. The van der Waals surface area contributed by atoms with E-state index in [1.54, 1.807) is 12.1 Å². The number of hydrogen-bond donors (Lipinski definition) is 2. The van der Waals surface area contributed by atoms with Gasteiger partial charge in [-0.25, -0.2) is 4.39 Å². The van der Waals surface area contributed by atoms with Gasteiger partial charge in [0.2, 0.25) is 5.91 Å². The zero-order chi connectivity index (χ0) is 13.2. The molecule has 1 aliphatic carbocycles. The maximum Gasteiger partial charge on any atom is 0.241 e. The predicted octanol–water partition coefficient (Wildman–Crippen LogP) is 2.68. The first-order valence-corrected chi connectivity index (χ1v) is 7.05. The Morgan fingerprint density at radius 2 is 2.16 bits per heavy atom. The quantitative estimate of drug-likeness (QED) is 0.860. The summed E-state index contributed by atoms with van der Waals surface area (Å²) in [7, 11) is 0. The van der Waals surface area contributed by atoms with Crippen LogP contribution in [0, 0.1) is 11.7 Å². The van der Waals surface area contributed by atoms with Gasteiger partial charge in [-0.2, -0.15) is 0 Å². The number of nitrogens with one attached hydrogen (secondary N) is 2. The van der Waals surface area contributed by atoms with Crippen LogP contribution in [0.4, 0.5) is 10.1 Å². The lowest BCUT2D eigenvalue weighted by Gasteiger charge is -2.24. The number of rotatable bonds is 2. The SMILES string of the molecule is O=C(Nc1cccc(F)c1)C1CC2CCCCC2N1. The molecule has 1 aromatic carbocycles. The molecule has 1 amide bonds. The van der Waals surface area contributed by atoms with Crippen LogP contribution >= 0.6 is 0 Å². The molecule has 3 nitrogen and oxygen atoms in total. The average molecular weight is 262 g/mol. The third-order valence-electron chi connectivity index (χ3n) is 4.27. The largest absolute Gasteiger partial charge is 0.325 e. The van der Waals surface area contributed by atoms with Gasteiger partial charge < -0.3 is 10.6 Å². The second-order valence-corrected chi connectivity index (χ2v) is 5.61. The van der Waals surface area contributed by atoms with Crippen molar-refractivity contribution >= 4 is 11.6 Å². The molecule has 1 saturated carbocycles. The van der Waals surface area contributed by atoms with Crippen molar-refractivity contribution in [2.75, 3.05) is 5.32 Å². The van der Waals surface area contributed by atoms with E-state index >= 15 is 0 Å². The molecule has 0 aromatic heterocycles. The topological polar surface area (TPSA) is 41.1 Å². The second kappa shape index (κ2) is 5.29. The van der Waals surface area contributed by atoms with E-state index < -0.39 is 0 Å². The van der Waals surface area contributed by atoms with Crippen molar-refractivity contribution < 1.29 is 9.18 Å². The monoisotopic (exact) mass is 262 g/mol. The van der Waals surface area contributed by atoms with Gasteiger partial charge in [0.15, 0.2) is 0 Å². The summed E-state index contributed by atoms with van der Waals surface area (Å²) in [5.74, 6) is 0.267. The van der Waals surface area contributed by atoms with E-state index in [9.17, 15) is 9.18 Å². The Hall–Kier alpha value is -1.42. The molecule has 3 rings (SSSR count). The summed E-state index contributed by atoms with van der Waals surface area (Å²) in [5.41, 5.74) is 0.529. The van der Waals surface area contributed by atoms with Gasteiger partial charge >= 0.3 is 0 Å². The standard InChI is InChI=1S/C15H19FN2O/c16-11-5-3-6-12(9-11)17-15(19)14-8-10-4-1-2-7-13(10)18-14/h3,5-6,9-10,13-14,18H,1-2,4,7-8H2,(H,17,19). The van der Waals surface area contributed by atoms with Crippen LogP contribution < -0.4 is 10.6 Å². The van der Waals surface area contributed by atoms with Gasteiger partial charge in [0.05, 0.1) is 6.04 Å². The summed E-state index contributed by atoms with van der Waals surface area (Å²) in [5, 5.41) is 6.21. The average Bonchev–Trinajstić information content (AvgIpc) is 2.82. The second-order valence-electron chi connectivity index (χ2n) is 5.61. The molecule has 0 spiro atoms. The van der Waals surface area contributed by atoms with E-state index in [2.05, 4.69) is 10.6 Å². The van der Waals surface area contributed by atoms with Crippen LogP contribution in [0.2, 0.25) is 0 Å². The number of carbonyl (C=O) groups is 1. The van der Waals surface area contributed by atoms with Crippen molar-refractivity contribution in [2.24, 2.45) is 5.92 Å². The zero-order valence-corrected chi connectivity index (χ0v) is 10.9. The van der Waals surface area contributed by atoms with Crippen molar-refractivity contribution in [1.29, 1.82) is 0 Å². The third kappa shape index (κ3) is 2.78. The molecule has 1 aliphatic heterocycles. The molecule has 1 heterocycles. The van der Waals surface area contributed by atoms with E-state index in [0.29, 0.717) is 17.6 Å². The minimum absolute atomic E-state index is 0.0417. The predicted molar refractivity (Wildman–Crippen MR) is 72.3 cm³/mol. The number of carbonyl (C=O) groups excluding carboxylic acids is 1. The number of halogens is 1. The van der Waals surface area contributed by atoms with Crippen LogP contribution in [0.3, 0.4) is 0 Å². The maximum absolute atomic E-state index is 13.1. The van der Waals surface area contributed by atoms with Crippen LogP contribution in [0.15, 0.2) is 24.3 Å². The molecule has 1 saturated heterocycles. The fraction of sp³-hybridized carbons (Fsp3) is 0.533. The highest BCUT2D eigenvalue weighted by molar-refractivity contribution is 5.95. The summed E-state index contributed by atoms with van der Waals surface area (Å²) >= 11 is 0. The molecule has 0 bridgehead atoms. The Morgan fingerprint density at radius 1 is 1.32 bits per heavy atom. The van der Waals surface area contributed by atoms with Gasteiger partial charge in [0, 0.05) is 11.7 Å². The third-order valence-corrected chi connectivity index (χ3v) is 4.27. The van der Waals surface area contributed by atoms with Crippen molar-refractivity contribution in [1.82, 2.24) is 5.32 Å². The van der Waals surface area contributed by atoms with E-state index in [4.69, 9.17) is 0 Å². The Labute approximate surface area is 112 Å². The van der Waals surface area contributed by atoms with Gasteiger partial charge in [-0.15, -0.1) is 0 Å². The molecular weight excluding hydrogens is 243 g/mol. The van der Waals surface area contributed by atoms with Crippen LogP contribution in [-0.2, 0) is 4.79 Å². The molecule has 2 fully saturated rings. The molecule has 4 heteroatoms. The highest BCUT2D eigenvalue weighted by Gasteiger charge is 2.38. The fourth-order valence-electron chi connectivity index (χ4n) is 3.32. The Bertz CT molecular complexity index is 463. The van der Waals surface area contributed by atoms with Crippen molar-refractivity contribution in [3.05, 3.63) is 30.1 Å². The number of fused-ring (bicyclic) bond motifs is 1. The molecule has 19 heavy (non-hydrogen) atoms. The summed E-state index contributed by atoms with van der Waals surface area (Å²) in [6.07, 6.45) is 5.84. The normalized spacial score (nSPS) is 29.8. The Morgan fingerprint density at radius 3 is 2.95 bits per heavy atom. The lowest BCUT2D eigenvalue weighted by molar-refractivity contribution is -0.117. The first kappa shape index (κ1) is 12.6. The van der Waals surface area contributed by atoms with E-state index in [-0.39, 0.29) is 17.8 Å². The van der Waals surface area contributed by atoms with E-state index in [0.717, 1.165) is 6.42 Å². The lowest BCUT2D eigenvalue weighted by Crippen LogP contribution is -2.39. The Kier molecular flexibility index (Phi) is 3.51. The minimum atomic E-state index is -0.328. The number of benzene rings is 1. The van der Waals surface area contributed by atoms with Crippen molar-refractivity contribution in [3.63, 3.8) is 0 Å². The van der Waals surface area contributed by atoms with Gasteiger partial charge in [-0.05, 0) is 43.4 Å². The minimum Gasteiger partial charge on any atom is -0.325 e. The Balaban J connectivity index is 1.62. The van der Waals surface area contributed by atoms with Gasteiger partial charge in [-0.3, -0.25) is 4.79 Å². The van der Waals surface area contributed by atoms with Gasteiger partial charge in [0.1, 0.15) is 5.82 Å². The van der Waals surface area contributed by atoms with Crippen LogP contribution in [0.1, 0.15) is 32.1 Å². The number of anilines is 1. The summed E-state index contributed by atoms with van der Waals surface area (Å²) < 4.78 is 13.1. The summed E-state index contributed by atoms with van der Waals surface area (Å²) in [4.78, 5) is 12.2. The molecule has 3 atom stereocenters. The molecule has 102 valence electrons. The van der Waals surface area contributed by atoms with Crippen molar-refractivity contribution in [2.45, 2.75) is 44.2 Å². The lowest BCUT2D eigenvalue weighted by atomic mass is 9.85. The number of amides is 1. The molecule has 2 N–H and O–H groups in total. The van der Waals surface area contributed by atoms with Crippen LogP contribution in [-0.4, -0.2) is 18.0 Å². The van der Waals surface area contributed by atoms with Crippen LogP contribution in [0.25, 0.3) is 0 Å². The summed E-state index contributed by atoms with van der Waals surface area (Å²) in [6, 6.07) is 6.40. The zero-order valence-electron chi connectivity index (χ0n) is 10.9. The van der Waals surface area contributed by atoms with Gasteiger partial charge in [-0.1, -0.05) is 18.9 Å². The smallest absolute Gasteiger partial charge is 0.241 e. The fourth-order valence-corrected chi connectivity index (χ4v) is 3.32. The van der Waals surface area contributed by atoms with E-state index in [1.807, 2.05) is 0 Å². The molecule has 1 aromatic rings. The number of hydrogen-bond acceptors (Lipinski definition) is 2. The maximum atomic E-state index is 13.1. The molecule has 0 radical (unpaired) electrons. The summed E-state index contributed by atoms with van der Waals surface area (Å²) in [6.45, 7) is 0. The van der Waals surface area contributed by atoms with Gasteiger partial charge in [0.25, 0.3) is 0 Å². The van der Waals surface area contributed by atoms with Crippen molar-refractivity contribution in [3.8, 4) is 0 Å². The first-order chi connectivity index (χ1) is 9.22. The molecule has 3 unspecified atom stereocenters. The van der Waals surface area contributed by atoms with E-state index in [1.165, 1.54) is 37.8 Å². The molecular formula is C15H19FN2O. The first-order valence-electron chi connectivity index (χ1n) is 7.05.